The van der Waals surface area contributed by atoms with Crippen LogP contribution in [0.25, 0.3) is 11.1 Å². The first-order chi connectivity index (χ1) is 8.75. The number of fused-ring (bicyclic) bond motifs is 3. The van der Waals surface area contributed by atoms with Gasteiger partial charge >= 0.3 is 0 Å². The molecule has 2 aromatic rings. The topological polar surface area (TPSA) is 0 Å². The van der Waals surface area contributed by atoms with Gasteiger partial charge in [-0.3, -0.25) is 0 Å². The summed E-state index contributed by atoms with van der Waals surface area (Å²) in [7, 11) is 0. The summed E-state index contributed by atoms with van der Waals surface area (Å²) in [5, 5.41) is 0. The fraction of sp³-hybridized carbons (Fsp3) is 0.250. The van der Waals surface area contributed by atoms with E-state index < -0.39 is 0 Å². The van der Waals surface area contributed by atoms with Crippen LogP contribution in [0.3, 0.4) is 0 Å². The molecule has 0 N–H and O–H groups in total. The Balaban J connectivity index is 2.21. The quantitative estimate of drug-likeness (QED) is 0.577. The van der Waals surface area contributed by atoms with Crippen LogP contribution in [0.2, 0.25) is 0 Å². The van der Waals surface area contributed by atoms with Crippen LogP contribution in [0.1, 0.15) is 11.1 Å². The van der Waals surface area contributed by atoms with Gasteiger partial charge in [0.15, 0.2) is 0 Å². The Bertz CT molecular complexity index is 511. The van der Waals surface area contributed by atoms with Crippen molar-refractivity contribution in [3.63, 3.8) is 0 Å². The van der Waals surface area contributed by atoms with Crippen molar-refractivity contribution in [3.8, 4) is 11.1 Å². The van der Waals surface area contributed by atoms with E-state index in [1.54, 1.807) is 0 Å². The molecule has 0 fully saturated rings. The van der Waals surface area contributed by atoms with Gasteiger partial charge in [-0.1, -0.05) is 80.4 Å². The Kier molecular flexibility index (Phi) is 3.58. The summed E-state index contributed by atoms with van der Waals surface area (Å²) in [6.45, 7) is 0. The average Bonchev–Trinajstić information content (AvgIpc) is 2.39. The van der Waals surface area contributed by atoms with Gasteiger partial charge in [0, 0.05) is 9.65 Å². The molecule has 1 aliphatic carbocycles. The Hall–Kier alpha value is -0.600. The minimum absolute atomic E-state index is 0.479. The second-order valence-corrected chi connectivity index (χ2v) is 7.11. The zero-order chi connectivity index (χ0) is 12.5. The number of halogens is 2. The molecule has 0 heterocycles. The standard InChI is InChI=1S/C16H14Br2/c17-15-9-11-5-1-3-7-13(11)14-8-4-2-6-12(14)10-16(15)18/h1-8,15-16H,9-10H2. The van der Waals surface area contributed by atoms with Crippen LogP contribution in [-0.2, 0) is 12.8 Å². The summed E-state index contributed by atoms with van der Waals surface area (Å²) in [5.74, 6) is 0. The van der Waals surface area contributed by atoms with Gasteiger partial charge in [0.05, 0.1) is 0 Å². The molecule has 0 bridgehead atoms. The van der Waals surface area contributed by atoms with Gasteiger partial charge in [0.2, 0.25) is 0 Å². The van der Waals surface area contributed by atoms with E-state index in [0.29, 0.717) is 9.65 Å². The summed E-state index contributed by atoms with van der Waals surface area (Å²) in [5.41, 5.74) is 5.63. The fourth-order valence-electron chi connectivity index (χ4n) is 2.60. The van der Waals surface area contributed by atoms with Crippen LogP contribution in [0.4, 0.5) is 0 Å². The number of rotatable bonds is 0. The molecule has 0 amide bonds. The third-order valence-electron chi connectivity index (χ3n) is 3.55. The van der Waals surface area contributed by atoms with Gasteiger partial charge in [-0.05, 0) is 35.1 Å². The summed E-state index contributed by atoms with van der Waals surface area (Å²) < 4.78 is 0. The van der Waals surface area contributed by atoms with E-state index >= 15 is 0 Å². The van der Waals surface area contributed by atoms with Gasteiger partial charge in [-0.2, -0.15) is 0 Å². The van der Waals surface area contributed by atoms with E-state index in [1.165, 1.54) is 22.3 Å². The molecule has 0 spiro atoms. The van der Waals surface area contributed by atoms with Crippen molar-refractivity contribution < 1.29 is 0 Å². The van der Waals surface area contributed by atoms with Crippen LogP contribution in [0.5, 0.6) is 0 Å². The Labute approximate surface area is 125 Å². The first kappa shape index (κ1) is 12.4. The summed E-state index contributed by atoms with van der Waals surface area (Å²) in [4.78, 5) is 0.957. The third kappa shape index (κ3) is 2.28. The van der Waals surface area contributed by atoms with Crippen molar-refractivity contribution in [2.45, 2.75) is 22.5 Å². The highest BCUT2D eigenvalue weighted by molar-refractivity contribution is 9.12. The molecule has 0 aliphatic heterocycles. The van der Waals surface area contributed by atoms with E-state index in [1.807, 2.05) is 0 Å². The molecule has 1 aliphatic rings. The number of hydrogen-bond acceptors (Lipinski definition) is 0. The maximum Gasteiger partial charge on any atom is 0.0314 e. The lowest BCUT2D eigenvalue weighted by Gasteiger charge is -2.24. The van der Waals surface area contributed by atoms with Gasteiger partial charge in [0.1, 0.15) is 0 Å². The lowest BCUT2D eigenvalue weighted by molar-refractivity contribution is 0.787. The predicted molar refractivity (Wildman–Crippen MR) is 84.7 cm³/mol. The highest BCUT2D eigenvalue weighted by Crippen LogP contribution is 2.35. The van der Waals surface area contributed by atoms with E-state index in [2.05, 4.69) is 80.4 Å². The highest BCUT2D eigenvalue weighted by atomic mass is 79.9. The number of hydrogen-bond donors (Lipinski definition) is 0. The fourth-order valence-corrected chi connectivity index (χ4v) is 3.67. The number of alkyl halides is 2. The monoisotopic (exact) mass is 364 g/mol. The van der Waals surface area contributed by atoms with Gasteiger partial charge in [-0.15, -0.1) is 0 Å². The van der Waals surface area contributed by atoms with Crippen LogP contribution in [0, 0.1) is 0 Å². The molecule has 0 nitrogen and oxygen atoms in total. The average molecular weight is 366 g/mol. The lowest BCUT2D eigenvalue weighted by atomic mass is 9.88. The molecule has 0 aromatic heterocycles. The Morgan fingerprint density at radius 2 is 1.06 bits per heavy atom. The molecule has 2 atom stereocenters. The van der Waals surface area contributed by atoms with Crippen molar-refractivity contribution in [2.24, 2.45) is 0 Å². The maximum atomic E-state index is 3.81. The molecule has 0 saturated carbocycles. The SMILES string of the molecule is BrC1Cc2ccccc2-c2ccccc2CC1Br. The molecule has 0 saturated heterocycles. The van der Waals surface area contributed by atoms with Crippen molar-refractivity contribution in [1.82, 2.24) is 0 Å². The second kappa shape index (κ2) is 5.18. The van der Waals surface area contributed by atoms with Crippen molar-refractivity contribution in [1.29, 1.82) is 0 Å². The minimum Gasteiger partial charge on any atom is -0.0875 e. The first-order valence-electron chi connectivity index (χ1n) is 6.20. The molecule has 0 radical (unpaired) electrons. The van der Waals surface area contributed by atoms with Gasteiger partial charge in [-0.25, -0.2) is 0 Å². The van der Waals surface area contributed by atoms with Crippen LogP contribution in [-0.4, -0.2) is 9.65 Å². The molecular weight excluding hydrogens is 352 g/mol. The van der Waals surface area contributed by atoms with E-state index in [9.17, 15) is 0 Å². The summed E-state index contributed by atoms with van der Waals surface area (Å²) in [6.07, 6.45) is 2.14. The summed E-state index contributed by atoms with van der Waals surface area (Å²) >= 11 is 7.63. The van der Waals surface area contributed by atoms with Crippen LogP contribution >= 0.6 is 31.9 Å². The minimum atomic E-state index is 0.479. The normalized spacial score (nSPS) is 22.6. The lowest BCUT2D eigenvalue weighted by Crippen LogP contribution is -2.21. The largest absolute Gasteiger partial charge is 0.0875 e. The molecule has 3 rings (SSSR count). The Morgan fingerprint density at radius 1 is 0.667 bits per heavy atom. The van der Waals surface area contributed by atoms with Gasteiger partial charge in [0.25, 0.3) is 0 Å². The van der Waals surface area contributed by atoms with Gasteiger partial charge < -0.3 is 0 Å². The predicted octanol–water partition coefficient (Wildman–Crippen LogP) is 4.98. The van der Waals surface area contributed by atoms with E-state index in [-0.39, 0.29) is 0 Å². The molecule has 18 heavy (non-hydrogen) atoms. The molecule has 2 unspecified atom stereocenters. The van der Waals surface area contributed by atoms with E-state index in [4.69, 9.17) is 0 Å². The number of benzene rings is 2. The van der Waals surface area contributed by atoms with Crippen molar-refractivity contribution in [3.05, 3.63) is 59.7 Å². The third-order valence-corrected chi connectivity index (χ3v) is 6.18. The zero-order valence-corrected chi connectivity index (χ0v) is 13.1. The molecular formula is C16H14Br2. The van der Waals surface area contributed by atoms with Crippen LogP contribution < -0.4 is 0 Å². The maximum absolute atomic E-state index is 3.81. The smallest absolute Gasteiger partial charge is 0.0314 e. The van der Waals surface area contributed by atoms with E-state index in [0.717, 1.165) is 12.8 Å². The molecule has 92 valence electrons. The summed E-state index contributed by atoms with van der Waals surface area (Å²) in [6, 6.07) is 17.5. The zero-order valence-electron chi connectivity index (χ0n) is 9.94. The Morgan fingerprint density at radius 3 is 1.50 bits per heavy atom. The first-order valence-corrected chi connectivity index (χ1v) is 8.03. The molecule has 2 heteroatoms. The molecule has 2 aromatic carbocycles. The van der Waals surface area contributed by atoms with Crippen molar-refractivity contribution >= 4 is 31.9 Å². The van der Waals surface area contributed by atoms with Crippen molar-refractivity contribution in [2.75, 3.05) is 0 Å². The highest BCUT2D eigenvalue weighted by Gasteiger charge is 2.23. The second-order valence-electron chi connectivity index (χ2n) is 4.75. The van der Waals surface area contributed by atoms with Crippen LogP contribution in [0.15, 0.2) is 48.5 Å².